The first-order chi connectivity index (χ1) is 24.5. The number of fused-ring (bicyclic) bond motifs is 2. The Morgan fingerprint density at radius 2 is 1.86 bits per heavy atom. The standard InChI is InChI=1S/C37H36F4N8O2/c1-20-15-23(44-21(2)43-20)16-29(39)36(50)49-14-12-24(18-49)48(4)35-27-17-42-33(26-9-5-7-22-10-11-28(38)31(40)30(22)26)32(41)34(27)45-37(46-35)51-19-25-8-6-13-47(25)3/h5,7,9-11,15-17,24-25H,6,8,12-14,18-19H2,1-4H3/b29-16-/t24-,25+/m1/s1. The number of carbonyl (C=O) groups excluding carboxylic acids is 1. The molecule has 0 aliphatic carbocycles. The summed E-state index contributed by atoms with van der Waals surface area (Å²) in [7, 11) is 3.76. The van der Waals surface area contributed by atoms with Crippen molar-refractivity contribution >= 4 is 39.5 Å². The average molecular weight is 701 g/mol. The summed E-state index contributed by atoms with van der Waals surface area (Å²) in [5, 5.41) is 0.535. The topological polar surface area (TPSA) is 100 Å². The largest absolute Gasteiger partial charge is 0.462 e. The summed E-state index contributed by atoms with van der Waals surface area (Å²) in [6, 6.07) is 8.49. The first-order valence-corrected chi connectivity index (χ1v) is 16.8. The number of anilines is 1. The minimum absolute atomic E-state index is 0.0637. The Bertz CT molecular complexity index is 2180. The third kappa shape index (κ3) is 6.67. The molecule has 5 aromatic rings. The number of rotatable bonds is 8. The van der Waals surface area contributed by atoms with Crippen LogP contribution in [-0.2, 0) is 4.79 Å². The predicted octanol–water partition coefficient (Wildman–Crippen LogP) is 6.19. The van der Waals surface area contributed by atoms with Crippen molar-refractivity contribution in [3.63, 3.8) is 0 Å². The number of benzene rings is 2. The number of pyridine rings is 1. The Kier molecular flexibility index (Phi) is 9.27. The van der Waals surface area contributed by atoms with Gasteiger partial charge in [-0.2, -0.15) is 9.97 Å². The van der Waals surface area contributed by atoms with Crippen molar-refractivity contribution in [2.75, 3.05) is 45.2 Å². The number of carbonyl (C=O) groups is 1. The van der Waals surface area contributed by atoms with E-state index in [1.165, 1.54) is 23.2 Å². The molecule has 14 heteroatoms. The van der Waals surface area contributed by atoms with Crippen LogP contribution in [-0.4, -0.2) is 93.0 Å². The van der Waals surface area contributed by atoms with Crippen molar-refractivity contribution in [3.05, 3.63) is 83.1 Å². The van der Waals surface area contributed by atoms with Crippen molar-refractivity contribution in [1.82, 2.24) is 34.7 Å². The van der Waals surface area contributed by atoms with Gasteiger partial charge in [-0.05, 0) is 64.2 Å². The van der Waals surface area contributed by atoms with Gasteiger partial charge < -0.3 is 19.4 Å². The van der Waals surface area contributed by atoms with E-state index in [9.17, 15) is 9.18 Å². The van der Waals surface area contributed by atoms with Gasteiger partial charge in [0.15, 0.2) is 23.3 Å². The predicted molar refractivity (Wildman–Crippen MR) is 185 cm³/mol. The molecule has 2 saturated heterocycles. The fraction of sp³-hybridized carbons (Fsp3) is 0.351. The number of aryl methyl sites for hydroxylation is 2. The second-order valence-electron chi connectivity index (χ2n) is 13.1. The van der Waals surface area contributed by atoms with Crippen molar-refractivity contribution in [2.24, 2.45) is 0 Å². The molecule has 10 nitrogen and oxygen atoms in total. The van der Waals surface area contributed by atoms with Crippen molar-refractivity contribution in [3.8, 4) is 17.3 Å². The third-order valence-corrected chi connectivity index (χ3v) is 9.71. The number of amides is 1. The minimum Gasteiger partial charge on any atom is -0.462 e. The van der Waals surface area contributed by atoms with Gasteiger partial charge >= 0.3 is 6.01 Å². The fourth-order valence-electron chi connectivity index (χ4n) is 6.99. The smallest absolute Gasteiger partial charge is 0.319 e. The van der Waals surface area contributed by atoms with E-state index in [1.807, 2.05) is 7.05 Å². The van der Waals surface area contributed by atoms with E-state index in [-0.39, 0.29) is 65.3 Å². The summed E-state index contributed by atoms with van der Waals surface area (Å²) in [6.07, 6.45) is 4.93. The number of likely N-dealkylation sites (N-methyl/N-ethyl adjacent to an activating group) is 2. The molecule has 0 unspecified atom stereocenters. The molecule has 3 aromatic heterocycles. The highest BCUT2D eigenvalue weighted by Gasteiger charge is 2.33. The van der Waals surface area contributed by atoms with Crippen molar-refractivity contribution < 1.29 is 27.1 Å². The van der Waals surface area contributed by atoms with Crippen molar-refractivity contribution in [2.45, 2.75) is 45.2 Å². The molecule has 264 valence electrons. The van der Waals surface area contributed by atoms with E-state index >= 15 is 13.2 Å². The van der Waals surface area contributed by atoms with Gasteiger partial charge in [-0.15, -0.1) is 0 Å². The number of aromatic nitrogens is 5. The number of hydrogen-bond donors (Lipinski definition) is 0. The lowest BCUT2D eigenvalue weighted by Crippen LogP contribution is -2.37. The van der Waals surface area contributed by atoms with E-state index < -0.39 is 29.2 Å². The van der Waals surface area contributed by atoms with Crippen LogP contribution in [0.25, 0.3) is 39.0 Å². The van der Waals surface area contributed by atoms with Gasteiger partial charge in [0.25, 0.3) is 5.91 Å². The van der Waals surface area contributed by atoms with Gasteiger partial charge in [-0.1, -0.05) is 24.3 Å². The molecule has 2 aliphatic rings. The third-order valence-electron chi connectivity index (χ3n) is 9.71. The van der Waals surface area contributed by atoms with E-state index in [4.69, 9.17) is 4.74 Å². The van der Waals surface area contributed by atoms with Crippen LogP contribution in [0.5, 0.6) is 6.01 Å². The van der Waals surface area contributed by atoms with Gasteiger partial charge in [0.1, 0.15) is 29.5 Å². The molecule has 0 saturated carbocycles. The molecule has 0 spiro atoms. The van der Waals surface area contributed by atoms with E-state index in [1.54, 1.807) is 44.0 Å². The fourth-order valence-corrected chi connectivity index (χ4v) is 6.99. The first kappa shape index (κ1) is 34.2. The minimum atomic E-state index is -1.11. The molecule has 0 N–H and O–H groups in total. The number of nitrogens with zero attached hydrogens (tertiary/aromatic N) is 8. The molecule has 2 fully saturated rings. The van der Waals surface area contributed by atoms with Crippen molar-refractivity contribution in [1.29, 1.82) is 0 Å². The molecule has 0 bridgehead atoms. The first-order valence-electron chi connectivity index (χ1n) is 16.8. The summed E-state index contributed by atoms with van der Waals surface area (Å²) >= 11 is 0. The maximum atomic E-state index is 16.6. The second kappa shape index (κ2) is 13.8. The normalized spacial score (nSPS) is 18.3. The van der Waals surface area contributed by atoms with Crippen LogP contribution in [0.3, 0.4) is 0 Å². The molecule has 1 amide bonds. The summed E-state index contributed by atoms with van der Waals surface area (Å²) in [5.41, 5.74) is 0.701. The van der Waals surface area contributed by atoms with Gasteiger partial charge in [0, 0.05) is 61.1 Å². The Hall–Kier alpha value is -5.24. The number of halogens is 4. The summed E-state index contributed by atoms with van der Waals surface area (Å²) in [6.45, 7) is 5.11. The van der Waals surface area contributed by atoms with Gasteiger partial charge in [-0.25, -0.2) is 27.5 Å². The summed E-state index contributed by atoms with van der Waals surface area (Å²) < 4.78 is 67.3. The highest BCUT2D eigenvalue weighted by molar-refractivity contribution is 5.99. The lowest BCUT2D eigenvalue weighted by atomic mass is 10.00. The monoisotopic (exact) mass is 700 g/mol. The van der Waals surface area contributed by atoms with Crippen LogP contribution in [0, 0.1) is 31.3 Å². The zero-order valence-corrected chi connectivity index (χ0v) is 28.6. The molecule has 51 heavy (non-hydrogen) atoms. The van der Waals surface area contributed by atoms with Crippen LogP contribution in [0.4, 0.5) is 23.4 Å². The highest BCUT2D eigenvalue weighted by Crippen LogP contribution is 2.37. The van der Waals surface area contributed by atoms with E-state index in [0.717, 1.165) is 31.5 Å². The molecule has 7 rings (SSSR count). The Morgan fingerprint density at radius 1 is 1.04 bits per heavy atom. The quantitative estimate of drug-likeness (QED) is 0.139. The lowest BCUT2D eigenvalue weighted by molar-refractivity contribution is -0.127. The molecule has 0 radical (unpaired) electrons. The lowest BCUT2D eigenvalue weighted by Gasteiger charge is -2.27. The Morgan fingerprint density at radius 3 is 2.63 bits per heavy atom. The molecular weight excluding hydrogens is 664 g/mol. The zero-order valence-electron chi connectivity index (χ0n) is 28.6. The SMILES string of the molecule is Cc1cc(/C=C(\F)C(=O)N2CC[C@@H](N(C)c3nc(OC[C@@H]4CCCN4C)nc4c(F)c(-c5cccc6ccc(F)c(F)c56)ncc34)C2)nc(C)n1. The van der Waals surface area contributed by atoms with Gasteiger partial charge in [0.05, 0.1) is 11.1 Å². The Labute approximate surface area is 291 Å². The molecule has 2 aliphatic heterocycles. The number of hydrogen-bond acceptors (Lipinski definition) is 9. The number of likely N-dealkylation sites (tertiary alicyclic amines) is 2. The Balaban J connectivity index is 1.23. The van der Waals surface area contributed by atoms with Gasteiger partial charge in [0.2, 0.25) is 0 Å². The van der Waals surface area contributed by atoms with Crippen LogP contribution in [0.15, 0.2) is 48.4 Å². The molecular formula is C37H36F4N8O2. The molecule has 2 aromatic carbocycles. The van der Waals surface area contributed by atoms with Crippen LogP contribution in [0.2, 0.25) is 0 Å². The zero-order chi connectivity index (χ0) is 36.0. The van der Waals surface area contributed by atoms with Crippen LogP contribution < -0.4 is 9.64 Å². The summed E-state index contributed by atoms with van der Waals surface area (Å²) in [4.78, 5) is 40.4. The van der Waals surface area contributed by atoms with Crippen LogP contribution in [0.1, 0.15) is 36.5 Å². The summed E-state index contributed by atoms with van der Waals surface area (Å²) in [5.74, 6) is -3.97. The van der Waals surface area contributed by atoms with E-state index in [2.05, 4.69) is 29.8 Å². The van der Waals surface area contributed by atoms with Gasteiger partial charge in [-0.3, -0.25) is 9.78 Å². The second-order valence-corrected chi connectivity index (χ2v) is 13.1. The average Bonchev–Trinajstić information content (AvgIpc) is 3.77. The van der Waals surface area contributed by atoms with Crippen LogP contribution >= 0.6 is 0 Å². The molecule has 5 heterocycles. The maximum Gasteiger partial charge on any atom is 0.319 e. The number of ether oxygens (including phenoxy) is 1. The maximum absolute atomic E-state index is 16.6. The highest BCUT2D eigenvalue weighted by atomic mass is 19.2. The van der Waals surface area contributed by atoms with E-state index in [0.29, 0.717) is 34.8 Å². The molecule has 2 atom stereocenters.